The van der Waals surface area contributed by atoms with E-state index in [2.05, 4.69) is 20.3 Å². The standard InChI is InChI=1S/C23H23FN6O3/c1-11-14-5-7-30(21(14)27-10-26-11)22-18(31)23(32)6-4-16(19(23)33-22)28-13-3-2-12-8-15(24)20(25)29-17(12)9-13/h2-3,5,7-10,16,18-19,22,28,31-32H,4,6H2,1H3,(H2,25,29)/t16-,18?,19+,22+,23-/m0/s1. The summed E-state index contributed by atoms with van der Waals surface area (Å²) in [5.74, 6) is -0.709. The van der Waals surface area contributed by atoms with Gasteiger partial charge in [0.05, 0.1) is 17.3 Å². The molecule has 1 saturated heterocycles. The first-order chi connectivity index (χ1) is 15.8. The zero-order valence-electron chi connectivity index (χ0n) is 17.8. The Hall–Kier alpha value is -3.34. The Labute approximate surface area is 188 Å². The molecule has 5 N–H and O–H groups in total. The van der Waals surface area contributed by atoms with Gasteiger partial charge in [0.15, 0.2) is 17.9 Å². The van der Waals surface area contributed by atoms with E-state index < -0.39 is 29.9 Å². The van der Waals surface area contributed by atoms with Crippen molar-refractivity contribution in [3.63, 3.8) is 0 Å². The minimum Gasteiger partial charge on any atom is -0.385 e. The van der Waals surface area contributed by atoms with Crippen molar-refractivity contribution in [1.82, 2.24) is 19.5 Å². The Morgan fingerprint density at radius 2 is 2.12 bits per heavy atom. The molecule has 6 rings (SSSR count). The number of nitrogens with zero attached hydrogens (tertiary/aromatic N) is 4. The number of anilines is 2. The molecule has 1 aliphatic carbocycles. The number of nitrogens with two attached hydrogens (primary N) is 1. The third-order valence-electron chi connectivity index (χ3n) is 6.92. The molecule has 170 valence electrons. The van der Waals surface area contributed by atoms with Gasteiger partial charge in [0.2, 0.25) is 0 Å². The summed E-state index contributed by atoms with van der Waals surface area (Å²) in [5.41, 5.74) is 6.99. The number of hydrogen-bond donors (Lipinski definition) is 4. The highest BCUT2D eigenvalue weighted by Gasteiger charge is 2.61. The number of fused-ring (bicyclic) bond motifs is 3. The largest absolute Gasteiger partial charge is 0.385 e. The minimum atomic E-state index is -1.40. The summed E-state index contributed by atoms with van der Waals surface area (Å²) >= 11 is 0. The van der Waals surface area contributed by atoms with Gasteiger partial charge in [0, 0.05) is 22.7 Å². The molecule has 2 aliphatic rings. The van der Waals surface area contributed by atoms with Crippen molar-refractivity contribution in [2.24, 2.45) is 0 Å². The molecule has 0 spiro atoms. The van der Waals surface area contributed by atoms with Crippen molar-refractivity contribution in [1.29, 1.82) is 0 Å². The topological polar surface area (TPSA) is 131 Å². The van der Waals surface area contributed by atoms with E-state index in [4.69, 9.17) is 10.5 Å². The number of pyridine rings is 1. The quantitative estimate of drug-likeness (QED) is 0.374. The zero-order valence-corrected chi connectivity index (χ0v) is 17.8. The molecule has 4 heterocycles. The van der Waals surface area contributed by atoms with Crippen LogP contribution in [0.5, 0.6) is 0 Å². The van der Waals surface area contributed by atoms with E-state index in [9.17, 15) is 14.6 Å². The van der Waals surface area contributed by atoms with Gasteiger partial charge in [0.1, 0.15) is 29.8 Å². The van der Waals surface area contributed by atoms with Gasteiger partial charge in [0.25, 0.3) is 0 Å². The van der Waals surface area contributed by atoms with Crippen LogP contribution in [0, 0.1) is 12.7 Å². The molecule has 0 radical (unpaired) electrons. The average molecular weight is 450 g/mol. The highest BCUT2D eigenvalue weighted by Crippen LogP contribution is 2.48. The van der Waals surface area contributed by atoms with Crippen molar-refractivity contribution in [3.05, 3.63) is 54.4 Å². The van der Waals surface area contributed by atoms with Crippen molar-refractivity contribution in [2.75, 3.05) is 11.1 Å². The number of aliphatic hydroxyl groups excluding tert-OH is 1. The zero-order chi connectivity index (χ0) is 22.9. The predicted octanol–water partition coefficient (Wildman–Crippen LogP) is 2.27. The first-order valence-corrected chi connectivity index (χ1v) is 10.8. The van der Waals surface area contributed by atoms with E-state index in [1.54, 1.807) is 22.9 Å². The summed E-state index contributed by atoms with van der Waals surface area (Å²) in [6, 6.07) is 8.34. The molecule has 1 aromatic carbocycles. The number of nitrogen functional groups attached to an aromatic ring is 1. The second kappa shape index (κ2) is 7.08. The summed E-state index contributed by atoms with van der Waals surface area (Å²) in [6.45, 7) is 1.89. The lowest BCUT2D eigenvalue weighted by Crippen LogP contribution is -2.47. The normalized spacial score (nSPS) is 29.1. The van der Waals surface area contributed by atoms with Gasteiger partial charge in [-0.25, -0.2) is 19.3 Å². The van der Waals surface area contributed by atoms with Crippen LogP contribution in [0.3, 0.4) is 0 Å². The van der Waals surface area contributed by atoms with Crippen LogP contribution in [0.15, 0.2) is 42.9 Å². The number of aromatic nitrogens is 4. The van der Waals surface area contributed by atoms with Gasteiger partial charge >= 0.3 is 0 Å². The lowest BCUT2D eigenvalue weighted by molar-refractivity contribution is -0.0641. The number of aryl methyl sites for hydroxylation is 1. The number of ether oxygens (including phenoxy) is 1. The summed E-state index contributed by atoms with van der Waals surface area (Å²) < 4.78 is 21.7. The van der Waals surface area contributed by atoms with Gasteiger partial charge < -0.3 is 30.6 Å². The van der Waals surface area contributed by atoms with E-state index >= 15 is 0 Å². The van der Waals surface area contributed by atoms with Crippen LogP contribution in [-0.2, 0) is 4.74 Å². The molecule has 1 unspecified atom stereocenters. The highest BCUT2D eigenvalue weighted by atomic mass is 19.1. The van der Waals surface area contributed by atoms with E-state index in [1.807, 2.05) is 19.1 Å². The molecule has 4 aromatic rings. The fraction of sp³-hybridized carbons (Fsp3) is 0.348. The smallest absolute Gasteiger partial charge is 0.165 e. The SMILES string of the molecule is Cc1ncnc2c1ccn2[C@@H]1O[C@@H]2[C@@H](Nc3ccc4cc(F)c(N)nc4c3)CC[C@]2(O)C1O. The first-order valence-electron chi connectivity index (χ1n) is 10.8. The molecule has 1 saturated carbocycles. The first kappa shape index (κ1) is 20.3. The molecular weight excluding hydrogens is 427 g/mol. The van der Waals surface area contributed by atoms with Gasteiger partial charge in [-0.15, -0.1) is 0 Å². The number of nitrogens with one attached hydrogen (secondary N) is 1. The van der Waals surface area contributed by atoms with Gasteiger partial charge in [-0.1, -0.05) is 6.07 Å². The number of halogens is 1. The number of aliphatic hydroxyl groups is 2. The van der Waals surface area contributed by atoms with Crippen LogP contribution in [-0.4, -0.2) is 53.6 Å². The third-order valence-corrected chi connectivity index (χ3v) is 6.92. The predicted molar refractivity (Wildman–Crippen MR) is 120 cm³/mol. The Balaban J connectivity index is 1.29. The van der Waals surface area contributed by atoms with E-state index in [1.165, 1.54) is 12.4 Å². The van der Waals surface area contributed by atoms with Crippen LogP contribution in [0.2, 0.25) is 0 Å². The molecule has 0 bridgehead atoms. The lowest BCUT2D eigenvalue weighted by atomic mass is 9.94. The molecular formula is C23H23FN6O3. The van der Waals surface area contributed by atoms with E-state index in [-0.39, 0.29) is 11.9 Å². The monoisotopic (exact) mass is 450 g/mol. The van der Waals surface area contributed by atoms with Crippen LogP contribution in [0.1, 0.15) is 24.8 Å². The average Bonchev–Trinajstić information content (AvgIpc) is 3.42. The second-order valence-corrected chi connectivity index (χ2v) is 8.86. The fourth-order valence-corrected chi connectivity index (χ4v) is 5.16. The molecule has 0 amide bonds. The van der Waals surface area contributed by atoms with Crippen LogP contribution < -0.4 is 11.1 Å². The van der Waals surface area contributed by atoms with Crippen molar-refractivity contribution in [3.8, 4) is 0 Å². The molecule has 10 heteroatoms. The molecule has 3 aromatic heterocycles. The van der Waals surface area contributed by atoms with Gasteiger partial charge in [-0.05, 0) is 44.0 Å². The van der Waals surface area contributed by atoms with Crippen LogP contribution in [0.4, 0.5) is 15.9 Å². The number of hydrogen-bond acceptors (Lipinski definition) is 8. The van der Waals surface area contributed by atoms with Crippen LogP contribution >= 0.6 is 0 Å². The van der Waals surface area contributed by atoms with Gasteiger partial charge in [-0.3, -0.25) is 0 Å². The lowest BCUT2D eigenvalue weighted by Gasteiger charge is -2.26. The maximum absolute atomic E-state index is 13.7. The van der Waals surface area contributed by atoms with Crippen molar-refractivity contribution < 1.29 is 19.3 Å². The molecule has 9 nitrogen and oxygen atoms in total. The summed E-state index contributed by atoms with van der Waals surface area (Å²) in [5, 5.41) is 27.3. The van der Waals surface area contributed by atoms with E-state index in [0.717, 1.165) is 16.8 Å². The van der Waals surface area contributed by atoms with Gasteiger partial charge in [-0.2, -0.15) is 0 Å². The second-order valence-electron chi connectivity index (χ2n) is 8.86. The summed E-state index contributed by atoms with van der Waals surface area (Å²) in [7, 11) is 0. The Kier molecular flexibility index (Phi) is 4.35. The Bertz CT molecular complexity index is 1390. The summed E-state index contributed by atoms with van der Waals surface area (Å²) in [4.78, 5) is 12.7. The minimum absolute atomic E-state index is 0.155. The number of rotatable bonds is 3. The van der Waals surface area contributed by atoms with E-state index in [0.29, 0.717) is 29.4 Å². The summed E-state index contributed by atoms with van der Waals surface area (Å²) in [6.07, 6.45) is 1.71. The number of benzene rings is 1. The Morgan fingerprint density at radius 3 is 2.97 bits per heavy atom. The van der Waals surface area contributed by atoms with Crippen molar-refractivity contribution >= 4 is 33.4 Å². The van der Waals surface area contributed by atoms with Crippen LogP contribution in [0.25, 0.3) is 21.9 Å². The molecule has 2 fully saturated rings. The molecule has 5 atom stereocenters. The molecule has 1 aliphatic heterocycles. The highest BCUT2D eigenvalue weighted by molar-refractivity contribution is 5.83. The maximum Gasteiger partial charge on any atom is 0.165 e. The Morgan fingerprint density at radius 1 is 1.27 bits per heavy atom. The molecule has 33 heavy (non-hydrogen) atoms. The fourth-order valence-electron chi connectivity index (χ4n) is 5.16. The van der Waals surface area contributed by atoms with Crippen molar-refractivity contribution in [2.45, 2.75) is 49.8 Å². The maximum atomic E-state index is 13.7. The third kappa shape index (κ3) is 2.98.